The zero-order chi connectivity index (χ0) is 19.2. The topological polar surface area (TPSA) is 52.6 Å². The van der Waals surface area contributed by atoms with Crippen molar-refractivity contribution in [2.75, 3.05) is 0 Å². The van der Waals surface area contributed by atoms with Crippen LogP contribution in [0.25, 0.3) is 0 Å². The van der Waals surface area contributed by atoms with Gasteiger partial charge in [-0.1, -0.05) is 26.7 Å². The van der Waals surface area contributed by atoms with E-state index in [0.717, 1.165) is 43.4 Å². The van der Waals surface area contributed by atoms with Crippen molar-refractivity contribution in [2.24, 2.45) is 23.7 Å². The summed E-state index contributed by atoms with van der Waals surface area (Å²) in [4.78, 5) is 23.8. The van der Waals surface area contributed by atoms with E-state index in [1.54, 1.807) is 31.2 Å². The summed E-state index contributed by atoms with van der Waals surface area (Å²) in [6.45, 7) is 4.12. The summed E-state index contributed by atoms with van der Waals surface area (Å²) in [5.74, 6) is 3.17. The average Bonchev–Trinajstić information content (AvgIpc) is 2.70. The first kappa shape index (κ1) is 19.9. The van der Waals surface area contributed by atoms with Crippen molar-refractivity contribution >= 4 is 11.9 Å². The molecule has 0 atom stereocenters. The van der Waals surface area contributed by atoms with Gasteiger partial charge < -0.3 is 9.47 Å². The minimum atomic E-state index is -0.274. The summed E-state index contributed by atoms with van der Waals surface area (Å²) in [6.07, 6.45) is 10.0. The van der Waals surface area contributed by atoms with E-state index in [1.165, 1.54) is 25.7 Å². The van der Waals surface area contributed by atoms with Gasteiger partial charge in [0.25, 0.3) is 0 Å². The predicted octanol–water partition coefficient (Wildman–Crippen LogP) is 5.54. The van der Waals surface area contributed by atoms with Crippen molar-refractivity contribution < 1.29 is 19.1 Å². The highest BCUT2D eigenvalue weighted by Gasteiger charge is 2.33. The fourth-order valence-electron chi connectivity index (χ4n) is 4.56. The summed E-state index contributed by atoms with van der Waals surface area (Å²) < 4.78 is 10.7. The molecule has 2 aliphatic carbocycles. The maximum absolute atomic E-state index is 12.5. The Morgan fingerprint density at radius 2 is 1.30 bits per heavy atom. The molecule has 2 fully saturated rings. The molecule has 2 saturated carbocycles. The molecule has 0 heterocycles. The number of carbonyl (C=O) groups excluding carboxylic acids is 2. The number of benzene rings is 1. The number of rotatable bonds is 5. The first-order valence-corrected chi connectivity index (χ1v) is 10.6. The van der Waals surface area contributed by atoms with Crippen LogP contribution < -0.4 is 9.47 Å². The van der Waals surface area contributed by atoms with Crippen molar-refractivity contribution in [2.45, 2.75) is 71.6 Å². The van der Waals surface area contributed by atoms with E-state index in [0.29, 0.717) is 17.9 Å². The van der Waals surface area contributed by atoms with E-state index in [-0.39, 0.29) is 17.9 Å². The smallest absolute Gasteiger partial charge is 0.314 e. The van der Waals surface area contributed by atoms with E-state index < -0.39 is 0 Å². The molecule has 0 aromatic heterocycles. The van der Waals surface area contributed by atoms with Crippen LogP contribution >= 0.6 is 0 Å². The molecule has 0 amide bonds. The maximum atomic E-state index is 12.5. The highest BCUT2D eigenvalue weighted by atomic mass is 16.5. The van der Waals surface area contributed by atoms with Gasteiger partial charge in [0.1, 0.15) is 11.5 Å². The third-order valence-electron chi connectivity index (χ3n) is 6.39. The van der Waals surface area contributed by atoms with Crippen molar-refractivity contribution in [3.8, 4) is 11.5 Å². The largest absolute Gasteiger partial charge is 0.427 e. The first-order chi connectivity index (χ1) is 13.0. The lowest BCUT2D eigenvalue weighted by Gasteiger charge is -2.36. The Kier molecular flexibility index (Phi) is 6.92. The van der Waals surface area contributed by atoms with Crippen molar-refractivity contribution in [3.05, 3.63) is 24.3 Å². The molecule has 2 aliphatic rings. The number of ether oxygens (including phenoxy) is 2. The molecule has 4 nitrogen and oxygen atoms in total. The quantitative estimate of drug-likeness (QED) is 0.503. The Labute approximate surface area is 162 Å². The molecule has 1 aromatic rings. The summed E-state index contributed by atoms with van der Waals surface area (Å²) >= 11 is 0. The zero-order valence-electron chi connectivity index (χ0n) is 16.6. The normalized spacial score (nSPS) is 28.4. The Bertz CT molecular complexity index is 620. The number of hydrogen-bond donors (Lipinski definition) is 0. The Morgan fingerprint density at radius 3 is 1.81 bits per heavy atom. The monoisotopic (exact) mass is 372 g/mol. The van der Waals surface area contributed by atoms with Crippen molar-refractivity contribution in [1.82, 2.24) is 0 Å². The summed E-state index contributed by atoms with van der Waals surface area (Å²) in [6, 6.07) is 6.70. The van der Waals surface area contributed by atoms with E-state index in [2.05, 4.69) is 6.92 Å². The highest BCUT2D eigenvalue weighted by molar-refractivity contribution is 5.75. The van der Waals surface area contributed by atoms with Crippen LogP contribution in [0.2, 0.25) is 0 Å². The van der Waals surface area contributed by atoms with Crippen LogP contribution in [-0.2, 0) is 9.59 Å². The third-order valence-corrected chi connectivity index (χ3v) is 6.39. The van der Waals surface area contributed by atoms with Gasteiger partial charge in [0, 0.05) is 6.42 Å². The Balaban J connectivity index is 1.44. The second-order valence-electron chi connectivity index (χ2n) is 8.35. The van der Waals surface area contributed by atoms with Crippen molar-refractivity contribution in [3.63, 3.8) is 0 Å². The lowest BCUT2D eigenvalue weighted by Crippen LogP contribution is -2.29. The molecular weight excluding hydrogens is 340 g/mol. The van der Waals surface area contributed by atoms with Crippen LogP contribution in [-0.4, -0.2) is 11.9 Å². The molecule has 0 saturated heterocycles. The predicted molar refractivity (Wildman–Crippen MR) is 105 cm³/mol. The van der Waals surface area contributed by atoms with Crippen LogP contribution in [0.15, 0.2) is 24.3 Å². The lowest BCUT2D eigenvalue weighted by atomic mass is 9.69. The van der Waals surface area contributed by atoms with Gasteiger partial charge in [0.05, 0.1) is 5.92 Å². The summed E-state index contributed by atoms with van der Waals surface area (Å²) in [7, 11) is 0. The van der Waals surface area contributed by atoms with E-state index in [4.69, 9.17) is 9.47 Å². The number of esters is 2. The third kappa shape index (κ3) is 5.57. The average molecular weight is 373 g/mol. The number of carbonyl (C=O) groups is 2. The molecule has 3 rings (SSSR count). The van der Waals surface area contributed by atoms with Gasteiger partial charge >= 0.3 is 11.9 Å². The maximum Gasteiger partial charge on any atom is 0.314 e. The van der Waals surface area contributed by atoms with Crippen molar-refractivity contribution in [1.29, 1.82) is 0 Å². The molecule has 0 aliphatic heterocycles. The second-order valence-corrected chi connectivity index (χ2v) is 8.35. The summed E-state index contributed by atoms with van der Waals surface area (Å²) in [5.41, 5.74) is 0. The van der Waals surface area contributed by atoms with Gasteiger partial charge in [-0.05, 0) is 80.5 Å². The minimum Gasteiger partial charge on any atom is -0.427 e. The molecule has 0 N–H and O–H groups in total. The molecular formula is C23H32O4. The standard InChI is InChI=1S/C23H32O4/c1-3-22(24)26-20-12-14-21(15-13-20)27-23(25)19-10-8-18(9-11-19)17-6-4-16(2)5-7-17/h12-19H,3-11H2,1-2H3. The lowest BCUT2D eigenvalue weighted by molar-refractivity contribution is -0.140. The molecule has 4 heteroatoms. The molecule has 27 heavy (non-hydrogen) atoms. The zero-order valence-corrected chi connectivity index (χ0v) is 16.6. The second kappa shape index (κ2) is 9.38. The molecule has 0 spiro atoms. The number of hydrogen-bond acceptors (Lipinski definition) is 4. The van der Waals surface area contributed by atoms with Crippen LogP contribution in [0.3, 0.4) is 0 Å². The Morgan fingerprint density at radius 1 is 0.815 bits per heavy atom. The summed E-state index contributed by atoms with van der Waals surface area (Å²) in [5, 5.41) is 0. The fraction of sp³-hybridized carbons (Fsp3) is 0.652. The van der Waals surface area contributed by atoms with Gasteiger partial charge in [-0.3, -0.25) is 9.59 Å². The van der Waals surface area contributed by atoms with E-state index in [9.17, 15) is 9.59 Å². The van der Waals surface area contributed by atoms with Crippen LogP contribution in [0.4, 0.5) is 0 Å². The first-order valence-electron chi connectivity index (χ1n) is 10.6. The van der Waals surface area contributed by atoms with Crippen LogP contribution in [0, 0.1) is 23.7 Å². The molecule has 0 bridgehead atoms. The molecule has 0 unspecified atom stereocenters. The Hall–Kier alpha value is -1.84. The SMILES string of the molecule is CCC(=O)Oc1ccc(OC(=O)C2CCC(C3CCC(C)CC3)CC2)cc1. The van der Waals surface area contributed by atoms with Crippen LogP contribution in [0.1, 0.15) is 71.6 Å². The minimum absolute atomic E-state index is 0.0151. The van der Waals surface area contributed by atoms with Crippen LogP contribution in [0.5, 0.6) is 11.5 Å². The van der Waals surface area contributed by atoms with E-state index in [1.807, 2.05) is 0 Å². The van der Waals surface area contributed by atoms with E-state index >= 15 is 0 Å². The molecule has 148 valence electrons. The molecule has 1 aromatic carbocycles. The fourth-order valence-corrected chi connectivity index (χ4v) is 4.56. The highest BCUT2D eigenvalue weighted by Crippen LogP contribution is 2.41. The molecule has 0 radical (unpaired) electrons. The van der Waals surface area contributed by atoms with Gasteiger partial charge in [-0.15, -0.1) is 0 Å². The van der Waals surface area contributed by atoms with Gasteiger partial charge in [-0.25, -0.2) is 0 Å². The van der Waals surface area contributed by atoms with Gasteiger partial charge in [-0.2, -0.15) is 0 Å². The van der Waals surface area contributed by atoms with Gasteiger partial charge in [0.2, 0.25) is 0 Å². The van der Waals surface area contributed by atoms with Gasteiger partial charge in [0.15, 0.2) is 0 Å².